The number of nitrogens with one attached hydrogen (secondary N) is 1. The van der Waals surface area contributed by atoms with Crippen molar-refractivity contribution in [1.29, 1.82) is 0 Å². The Balaban J connectivity index is 1.55. The van der Waals surface area contributed by atoms with Gasteiger partial charge in [-0.15, -0.1) is 0 Å². The van der Waals surface area contributed by atoms with E-state index in [9.17, 15) is 0 Å². The summed E-state index contributed by atoms with van der Waals surface area (Å²) in [6, 6.07) is 14.5. The van der Waals surface area contributed by atoms with Gasteiger partial charge in [0.05, 0.1) is 5.69 Å². The number of benzene rings is 1. The fraction of sp³-hybridized carbons (Fsp3) is 0.312. The molecule has 19 heavy (non-hydrogen) atoms. The topological polar surface area (TPSA) is 34.1 Å². The molecule has 1 unspecified atom stereocenters. The van der Waals surface area contributed by atoms with Crippen LogP contribution in [-0.4, -0.2) is 17.6 Å². The summed E-state index contributed by atoms with van der Waals surface area (Å²) < 4.78 is 5.91. The molecular weight excluding hydrogens is 236 g/mol. The summed E-state index contributed by atoms with van der Waals surface area (Å²) in [6.07, 6.45) is 3.04. The summed E-state index contributed by atoms with van der Waals surface area (Å²) in [5.41, 5.74) is 2.37. The van der Waals surface area contributed by atoms with E-state index in [2.05, 4.69) is 29.4 Å². The van der Waals surface area contributed by atoms with E-state index in [-0.39, 0.29) is 12.1 Å². The Morgan fingerprint density at radius 2 is 2.11 bits per heavy atom. The molecule has 98 valence electrons. The molecule has 1 aromatic carbocycles. The van der Waals surface area contributed by atoms with Crippen LogP contribution in [0.15, 0.2) is 48.7 Å². The van der Waals surface area contributed by atoms with Crippen molar-refractivity contribution >= 4 is 0 Å². The summed E-state index contributed by atoms with van der Waals surface area (Å²) in [4.78, 5) is 4.36. The molecule has 2 atom stereocenters. The first-order valence-corrected chi connectivity index (χ1v) is 6.72. The zero-order valence-corrected chi connectivity index (χ0v) is 11.0. The summed E-state index contributed by atoms with van der Waals surface area (Å²) in [6.45, 7) is 2.97. The summed E-state index contributed by atoms with van der Waals surface area (Å²) in [7, 11) is 0. The molecule has 0 amide bonds. The molecule has 0 fully saturated rings. The third kappa shape index (κ3) is 2.76. The number of aromatic nitrogens is 1. The molecule has 0 bridgehead atoms. The third-order valence-electron chi connectivity index (χ3n) is 3.50. The van der Waals surface area contributed by atoms with E-state index in [1.54, 1.807) is 0 Å². The number of rotatable bonds is 4. The average molecular weight is 254 g/mol. The van der Waals surface area contributed by atoms with Gasteiger partial charge in [0.1, 0.15) is 11.9 Å². The van der Waals surface area contributed by atoms with Gasteiger partial charge in [0.2, 0.25) is 0 Å². The van der Waals surface area contributed by atoms with Crippen molar-refractivity contribution in [1.82, 2.24) is 10.3 Å². The van der Waals surface area contributed by atoms with Gasteiger partial charge in [0.15, 0.2) is 0 Å². The second-order valence-corrected chi connectivity index (χ2v) is 4.94. The minimum atomic E-state index is 0.226. The Morgan fingerprint density at radius 3 is 2.89 bits per heavy atom. The molecule has 3 heteroatoms. The van der Waals surface area contributed by atoms with Gasteiger partial charge in [0.25, 0.3) is 0 Å². The maximum Gasteiger partial charge on any atom is 0.123 e. The van der Waals surface area contributed by atoms with Gasteiger partial charge in [0, 0.05) is 25.2 Å². The van der Waals surface area contributed by atoms with E-state index in [1.807, 2.05) is 36.5 Å². The molecule has 3 nitrogen and oxygen atoms in total. The van der Waals surface area contributed by atoms with Gasteiger partial charge in [-0.2, -0.15) is 0 Å². The number of hydrogen-bond donors (Lipinski definition) is 1. The van der Waals surface area contributed by atoms with E-state index in [0.717, 1.165) is 24.4 Å². The van der Waals surface area contributed by atoms with Crippen LogP contribution in [0.5, 0.6) is 5.75 Å². The van der Waals surface area contributed by atoms with Crippen LogP contribution >= 0.6 is 0 Å². The predicted octanol–water partition coefficient (Wildman–Crippen LogP) is 2.74. The van der Waals surface area contributed by atoms with E-state index >= 15 is 0 Å². The molecule has 1 aliphatic rings. The first-order valence-electron chi connectivity index (χ1n) is 6.72. The lowest BCUT2D eigenvalue weighted by Crippen LogP contribution is -2.32. The van der Waals surface area contributed by atoms with Crippen LogP contribution in [0.2, 0.25) is 0 Å². The largest absolute Gasteiger partial charge is 0.488 e. The van der Waals surface area contributed by atoms with Crippen LogP contribution in [0, 0.1) is 0 Å². The van der Waals surface area contributed by atoms with Gasteiger partial charge >= 0.3 is 0 Å². The number of ether oxygens (including phenoxy) is 1. The quantitative estimate of drug-likeness (QED) is 0.911. The molecule has 1 N–H and O–H groups in total. The highest BCUT2D eigenvalue weighted by Gasteiger charge is 2.22. The van der Waals surface area contributed by atoms with Crippen LogP contribution < -0.4 is 10.1 Å². The lowest BCUT2D eigenvalue weighted by molar-refractivity contribution is 0.222. The SMILES string of the molecule is C[C@@H](NCC1Cc2ccccc2O1)c1ccccn1. The average Bonchev–Trinajstić information content (AvgIpc) is 2.88. The molecular formula is C16H18N2O. The second-order valence-electron chi connectivity index (χ2n) is 4.94. The van der Waals surface area contributed by atoms with Crippen molar-refractivity contribution in [3.8, 4) is 5.75 Å². The van der Waals surface area contributed by atoms with Gasteiger partial charge in [-0.05, 0) is 30.7 Å². The number of pyridine rings is 1. The van der Waals surface area contributed by atoms with Crippen molar-refractivity contribution in [2.45, 2.75) is 25.5 Å². The fourth-order valence-electron chi connectivity index (χ4n) is 2.41. The highest BCUT2D eigenvalue weighted by Crippen LogP contribution is 2.27. The maximum absolute atomic E-state index is 5.91. The van der Waals surface area contributed by atoms with Gasteiger partial charge < -0.3 is 10.1 Å². The highest BCUT2D eigenvalue weighted by molar-refractivity contribution is 5.37. The Bertz CT molecular complexity index is 516. The first kappa shape index (κ1) is 12.2. The minimum absolute atomic E-state index is 0.226. The number of fused-ring (bicyclic) bond motifs is 1. The summed E-state index contributed by atoms with van der Waals surface area (Å²) in [5, 5.41) is 3.49. The summed E-state index contributed by atoms with van der Waals surface area (Å²) in [5.74, 6) is 1.03. The van der Waals surface area contributed by atoms with Gasteiger partial charge in [-0.3, -0.25) is 4.98 Å². The zero-order chi connectivity index (χ0) is 13.1. The Hall–Kier alpha value is -1.87. The van der Waals surface area contributed by atoms with Crippen LogP contribution in [0.3, 0.4) is 0 Å². The van der Waals surface area contributed by atoms with Crippen molar-refractivity contribution in [2.75, 3.05) is 6.54 Å². The normalized spacial score (nSPS) is 18.7. The van der Waals surface area contributed by atoms with Crippen LogP contribution in [0.25, 0.3) is 0 Å². The van der Waals surface area contributed by atoms with Crippen molar-refractivity contribution in [3.63, 3.8) is 0 Å². The molecule has 0 saturated carbocycles. The number of hydrogen-bond acceptors (Lipinski definition) is 3. The standard InChI is InChI=1S/C16H18N2O/c1-12(15-7-4-5-9-17-15)18-11-14-10-13-6-2-3-8-16(13)19-14/h2-9,12,14,18H,10-11H2,1H3/t12-,14?/m1/s1. The highest BCUT2D eigenvalue weighted by atomic mass is 16.5. The first-order chi connectivity index (χ1) is 9.33. The smallest absolute Gasteiger partial charge is 0.123 e. The Morgan fingerprint density at radius 1 is 1.26 bits per heavy atom. The molecule has 1 aliphatic heterocycles. The zero-order valence-electron chi connectivity index (χ0n) is 11.0. The van der Waals surface area contributed by atoms with Crippen molar-refractivity contribution in [3.05, 3.63) is 59.9 Å². The number of para-hydroxylation sites is 1. The maximum atomic E-state index is 5.91. The van der Waals surface area contributed by atoms with E-state index < -0.39 is 0 Å². The van der Waals surface area contributed by atoms with Gasteiger partial charge in [-0.1, -0.05) is 24.3 Å². The van der Waals surface area contributed by atoms with Crippen LogP contribution in [0.1, 0.15) is 24.2 Å². The van der Waals surface area contributed by atoms with Gasteiger partial charge in [-0.25, -0.2) is 0 Å². The van der Waals surface area contributed by atoms with Crippen molar-refractivity contribution in [2.24, 2.45) is 0 Å². The molecule has 0 radical (unpaired) electrons. The molecule has 0 spiro atoms. The molecule has 0 saturated heterocycles. The Kier molecular flexibility index (Phi) is 3.47. The second kappa shape index (κ2) is 5.41. The molecule has 3 rings (SSSR count). The lowest BCUT2D eigenvalue weighted by atomic mass is 10.1. The minimum Gasteiger partial charge on any atom is -0.488 e. The van der Waals surface area contributed by atoms with E-state index in [0.29, 0.717) is 0 Å². The third-order valence-corrected chi connectivity index (χ3v) is 3.50. The van der Waals surface area contributed by atoms with E-state index in [4.69, 9.17) is 4.74 Å². The lowest BCUT2D eigenvalue weighted by Gasteiger charge is -2.16. The number of nitrogens with zero attached hydrogens (tertiary/aromatic N) is 1. The molecule has 1 aromatic heterocycles. The monoisotopic (exact) mass is 254 g/mol. The molecule has 2 aromatic rings. The Labute approximate surface area is 113 Å². The van der Waals surface area contributed by atoms with Crippen molar-refractivity contribution < 1.29 is 4.74 Å². The van der Waals surface area contributed by atoms with E-state index in [1.165, 1.54) is 5.56 Å². The molecule has 2 heterocycles. The van der Waals surface area contributed by atoms with Crippen LogP contribution in [-0.2, 0) is 6.42 Å². The fourth-order valence-corrected chi connectivity index (χ4v) is 2.41. The predicted molar refractivity (Wildman–Crippen MR) is 75.2 cm³/mol. The molecule has 0 aliphatic carbocycles. The summed E-state index contributed by atoms with van der Waals surface area (Å²) >= 11 is 0. The van der Waals surface area contributed by atoms with Crippen LogP contribution in [0.4, 0.5) is 0 Å².